The second kappa shape index (κ2) is 15.6. The van der Waals surface area contributed by atoms with Gasteiger partial charge in [0.2, 0.25) is 17.7 Å². The van der Waals surface area contributed by atoms with Crippen molar-refractivity contribution in [1.82, 2.24) is 35.7 Å². The fraction of sp³-hybridized carbons (Fsp3) is 0.485. The van der Waals surface area contributed by atoms with Crippen molar-refractivity contribution in [2.24, 2.45) is 11.8 Å². The van der Waals surface area contributed by atoms with Gasteiger partial charge in [-0.15, -0.1) is 22.7 Å². The molecule has 2 aliphatic heterocycles. The number of fused-ring (bicyclic) bond motifs is 4. The van der Waals surface area contributed by atoms with Gasteiger partial charge in [-0.2, -0.15) is 0 Å². The number of nitrogens with one attached hydrogen (secondary N) is 3. The first-order valence-corrected chi connectivity index (χ1v) is 17.7. The Morgan fingerprint density at radius 2 is 1.55 bits per heavy atom. The second-order valence-electron chi connectivity index (χ2n) is 12.3. The summed E-state index contributed by atoms with van der Waals surface area (Å²) in [5, 5.41) is 13.5. The maximum atomic E-state index is 13.8. The monoisotopic (exact) mass is 679 g/mol. The van der Waals surface area contributed by atoms with Crippen molar-refractivity contribution in [2.45, 2.75) is 58.5 Å². The van der Waals surface area contributed by atoms with Gasteiger partial charge in [0.05, 0.1) is 18.6 Å². The lowest BCUT2D eigenvalue weighted by molar-refractivity contribution is -0.142. The smallest absolute Gasteiger partial charge is 0.271 e. The Morgan fingerprint density at radius 1 is 0.894 bits per heavy atom. The molecule has 3 aromatic rings. The summed E-state index contributed by atoms with van der Waals surface area (Å²) in [7, 11) is 0. The average molecular weight is 680 g/mol. The fourth-order valence-corrected chi connectivity index (χ4v) is 7.68. The van der Waals surface area contributed by atoms with Crippen molar-refractivity contribution < 1.29 is 24.0 Å². The van der Waals surface area contributed by atoms with Crippen LogP contribution >= 0.6 is 22.7 Å². The summed E-state index contributed by atoms with van der Waals surface area (Å²) in [6.07, 6.45) is 1.93. The van der Waals surface area contributed by atoms with Crippen LogP contribution in [0.1, 0.15) is 88.7 Å². The van der Waals surface area contributed by atoms with E-state index in [1.54, 1.807) is 20.6 Å². The fourth-order valence-electron chi connectivity index (χ4n) is 5.81. The first kappa shape index (κ1) is 34.2. The predicted octanol–water partition coefficient (Wildman–Crippen LogP) is 3.35. The summed E-state index contributed by atoms with van der Waals surface area (Å²) in [6.45, 7) is 6.83. The molecule has 0 unspecified atom stereocenters. The predicted molar refractivity (Wildman–Crippen MR) is 179 cm³/mol. The molecule has 250 valence electrons. The average Bonchev–Trinajstić information content (AvgIpc) is 3.75. The van der Waals surface area contributed by atoms with Gasteiger partial charge in [0.15, 0.2) is 0 Å². The number of likely N-dealkylation sites (tertiary alicyclic amines) is 1. The van der Waals surface area contributed by atoms with Crippen LogP contribution in [-0.2, 0) is 20.8 Å². The van der Waals surface area contributed by atoms with Crippen molar-refractivity contribution in [2.75, 3.05) is 32.7 Å². The Balaban J connectivity index is 1.42. The zero-order valence-electron chi connectivity index (χ0n) is 26.9. The molecule has 2 aromatic heterocycles. The van der Waals surface area contributed by atoms with Crippen LogP contribution in [0.3, 0.4) is 0 Å². The van der Waals surface area contributed by atoms with E-state index in [0.717, 1.165) is 5.56 Å². The molecule has 4 heterocycles. The number of piperidine rings is 1. The Morgan fingerprint density at radius 3 is 2.23 bits per heavy atom. The van der Waals surface area contributed by atoms with Gasteiger partial charge in [0.25, 0.3) is 11.8 Å². The number of carbonyl (C=O) groups excluding carboxylic acids is 5. The van der Waals surface area contributed by atoms with Gasteiger partial charge in [0.1, 0.15) is 21.4 Å². The normalized spacial score (nSPS) is 20.5. The number of amides is 5. The van der Waals surface area contributed by atoms with Gasteiger partial charge in [-0.3, -0.25) is 24.0 Å². The van der Waals surface area contributed by atoms with Crippen LogP contribution in [0, 0.1) is 11.8 Å². The molecule has 1 aromatic carbocycles. The van der Waals surface area contributed by atoms with Crippen LogP contribution in [0.15, 0.2) is 41.1 Å². The second-order valence-corrected chi connectivity index (χ2v) is 14.1. The summed E-state index contributed by atoms with van der Waals surface area (Å²) < 4.78 is 0. The van der Waals surface area contributed by atoms with E-state index in [9.17, 15) is 24.0 Å². The molecule has 0 aliphatic carbocycles. The molecule has 0 radical (unpaired) electrons. The number of benzene rings is 1. The SMILES string of the molecule is CC(=O)N1CCC(C(=O)N2CCCNC(=O)c3csc(n3)[C@H](C(C)C)NC(=O)c3csc(n3)[C@H](Cc3ccccc3)NC(=O)C2)CC1. The van der Waals surface area contributed by atoms with E-state index in [4.69, 9.17) is 0 Å². The van der Waals surface area contributed by atoms with Crippen LogP contribution in [0.5, 0.6) is 0 Å². The molecule has 1 saturated heterocycles. The first-order valence-electron chi connectivity index (χ1n) is 16.0. The van der Waals surface area contributed by atoms with Crippen molar-refractivity contribution in [3.05, 3.63) is 68.1 Å². The third kappa shape index (κ3) is 8.80. The minimum absolute atomic E-state index is 0.00318. The number of aromatic nitrogens is 2. The molecule has 0 saturated carbocycles. The van der Waals surface area contributed by atoms with E-state index in [1.807, 2.05) is 44.2 Å². The highest BCUT2D eigenvalue weighted by molar-refractivity contribution is 7.10. The minimum atomic E-state index is -0.531. The number of nitrogens with zero attached hydrogens (tertiary/aromatic N) is 4. The molecule has 3 N–H and O–H groups in total. The maximum absolute atomic E-state index is 13.8. The first-order chi connectivity index (χ1) is 22.6. The highest BCUT2D eigenvalue weighted by Gasteiger charge is 2.31. The zero-order chi connectivity index (χ0) is 33.5. The van der Waals surface area contributed by atoms with Crippen LogP contribution in [0.25, 0.3) is 0 Å². The van der Waals surface area contributed by atoms with E-state index in [-0.39, 0.29) is 72.4 Å². The van der Waals surface area contributed by atoms with E-state index < -0.39 is 12.1 Å². The molecule has 47 heavy (non-hydrogen) atoms. The number of hydrogen-bond acceptors (Lipinski definition) is 9. The molecule has 5 amide bonds. The van der Waals surface area contributed by atoms with E-state index >= 15 is 0 Å². The molecule has 1 fully saturated rings. The molecule has 2 atom stereocenters. The number of hydrogen-bond donors (Lipinski definition) is 3. The van der Waals surface area contributed by atoms with Gasteiger partial charge in [-0.05, 0) is 37.2 Å². The lowest BCUT2D eigenvalue weighted by Crippen LogP contribution is -2.48. The third-order valence-electron chi connectivity index (χ3n) is 8.47. The Bertz CT molecular complexity index is 1580. The van der Waals surface area contributed by atoms with Crippen LogP contribution in [0.2, 0.25) is 0 Å². The van der Waals surface area contributed by atoms with Crippen LogP contribution in [0.4, 0.5) is 0 Å². The highest BCUT2D eigenvalue weighted by Crippen LogP contribution is 2.27. The van der Waals surface area contributed by atoms with Crippen LogP contribution < -0.4 is 16.0 Å². The largest absolute Gasteiger partial charge is 0.351 e. The van der Waals surface area contributed by atoms with Gasteiger partial charge >= 0.3 is 0 Å². The van der Waals surface area contributed by atoms with Gasteiger partial charge in [-0.1, -0.05) is 44.2 Å². The summed E-state index contributed by atoms with van der Waals surface area (Å²) in [4.78, 5) is 78.1. The Labute approximate surface area is 282 Å². The summed E-state index contributed by atoms with van der Waals surface area (Å²) in [5.74, 6) is -1.54. The van der Waals surface area contributed by atoms with Crippen molar-refractivity contribution in [3.63, 3.8) is 0 Å². The van der Waals surface area contributed by atoms with E-state index in [0.29, 0.717) is 48.8 Å². The van der Waals surface area contributed by atoms with E-state index in [1.165, 1.54) is 29.6 Å². The molecule has 12 nitrogen and oxygen atoms in total. The van der Waals surface area contributed by atoms with Gasteiger partial charge in [0, 0.05) is 49.8 Å². The quantitative estimate of drug-likeness (QED) is 0.382. The standard InChI is InChI=1S/C33H41N7O5S2/c1-20(2)28-32-37-25(18-47-32)29(43)34-12-7-13-40(33(45)23-10-14-39(15-11-23)21(3)41)17-27(42)35-24(16-22-8-5-4-6-9-22)31-36-26(19-46-31)30(44)38-28/h4-6,8-9,18-20,23-24,28H,7,10-17H2,1-3H3,(H,34,43)(H,35,42)(H,38,44)/t24-,28-/m0/s1. The Kier molecular flexibility index (Phi) is 11.4. The molecule has 14 heteroatoms. The van der Waals surface area contributed by atoms with Crippen molar-refractivity contribution in [1.29, 1.82) is 0 Å². The molecular formula is C33H41N7O5S2. The molecule has 0 spiro atoms. The van der Waals surface area contributed by atoms with Gasteiger partial charge in [-0.25, -0.2) is 9.97 Å². The molecule has 2 aliphatic rings. The molecule has 4 bridgehead atoms. The zero-order valence-corrected chi connectivity index (χ0v) is 28.5. The highest BCUT2D eigenvalue weighted by atomic mass is 32.1. The molecular weight excluding hydrogens is 639 g/mol. The maximum Gasteiger partial charge on any atom is 0.271 e. The number of thiazole rings is 2. The van der Waals surface area contributed by atoms with E-state index in [2.05, 4.69) is 25.9 Å². The summed E-state index contributed by atoms with van der Waals surface area (Å²) >= 11 is 2.60. The lowest BCUT2D eigenvalue weighted by atomic mass is 9.95. The van der Waals surface area contributed by atoms with Crippen LogP contribution in [-0.4, -0.2) is 82.0 Å². The topological polar surface area (TPSA) is 154 Å². The number of rotatable bonds is 4. The van der Waals surface area contributed by atoms with Crippen molar-refractivity contribution >= 4 is 52.2 Å². The third-order valence-corrected chi connectivity index (χ3v) is 10.4. The minimum Gasteiger partial charge on any atom is -0.351 e. The summed E-state index contributed by atoms with van der Waals surface area (Å²) in [5.41, 5.74) is 1.47. The molecule has 5 rings (SSSR count). The number of carbonyl (C=O) groups is 5. The Hall–Kier alpha value is -4.17. The summed E-state index contributed by atoms with van der Waals surface area (Å²) in [6, 6.07) is 8.74. The lowest BCUT2D eigenvalue weighted by Gasteiger charge is -2.34. The van der Waals surface area contributed by atoms with Gasteiger partial charge < -0.3 is 25.8 Å². The van der Waals surface area contributed by atoms with Crippen molar-refractivity contribution in [3.8, 4) is 0 Å².